The zero-order chi connectivity index (χ0) is 17.0. The van der Waals surface area contributed by atoms with Crippen molar-refractivity contribution >= 4 is 11.9 Å². The maximum Gasteiger partial charge on any atom is 0.332 e. The van der Waals surface area contributed by atoms with Gasteiger partial charge in [-0.3, -0.25) is 4.79 Å². The second kappa shape index (κ2) is 7.59. The molecule has 0 aromatic heterocycles. The molecule has 2 aliphatic heterocycles. The summed E-state index contributed by atoms with van der Waals surface area (Å²) in [5, 5.41) is 12.5. The molecule has 0 aliphatic carbocycles. The number of β-amino-alcohol motifs (C(OH)–C–C–N with tert-alkyl or cyclic N) is 1. The van der Waals surface area contributed by atoms with Crippen LogP contribution in [0.5, 0.6) is 0 Å². The number of piperidine rings is 1. The number of hydrogen-bond donors (Lipinski definition) is 2. The van der Waals surface area contributed by atoms with Crippen LogP contribution in [0, 0.1) is 0 Å². The monoisotopic (exact) mass is 328 g/mol. The average molecular weight is 328 g/mol. The van der Waals surface area contributed by atoms with E-state index < -0.39 is 11.7 Å². The Bertz CT molecular complexity index is 427. The van der Waals surface area contributed by atoms with Crippen molar-refractivity contribution in [1.29, 1.82) is 0 Å². The highest BCUT2D eigenvalue weighted by Crippen LogP contribution is 2.17. The van der Waals surface area contributed by atoms with Crippen molar-refractivity contribution in [3.63, 3.8) is 0 Å². The minimum absolute atomic E-state index is 0.0197. The summed E-state index contributed by atoms with van der Waals surface area (Å²) in [4.78, 5) is 25.8. The predicted molar refractivity (Wildman–Crippen MR) is 83.8 cm³/mol. The van der Waals surface area contributed by atoms with Gasteiger partial charge in [0.05, 0.1) is 18.2 Å². The van der Waals surface area contributed by atoms with Gasteiger partial charge in [0.2, 0.25) is 5.91 Å². The van der Waals surface area contributed by atoms with E-state index >= 15 is 0 Å². The highest BCUT2D eigenvalue weighted by atomic mass is 16.6. The molecule has 1 amide bonds. The maximum absolute atomic E-state index is 12.3. The SMILES string of the molecule is CC(C)(C)OC(=O)COC1CCN(C(=O)[C@@H]2C[C@@H](O)CN2)CC1. The van der Waals surface area contributed by atoms with E-state index in [1.165, 1.54) is 0 Å². The van der Waals surface area contributed by atoms with Gasteiger partial charge in [0, 0.05) is 19.6 Å². The van der Waals surface area contributed by atoms with Crippen molar-refractivity contribution in [3.05, 3.63) is 0 Å². The zero-order valence-electron chi connectivity index (χ0n) is 14.2. The molecule has 2 saturated heterocycles. The van der Waals surface area contributed by atoms with Crippen LogP contribution in [0.2, 0.25) is 0 Å². The summed E-state index contributed by atoms with van der Waals surface area (Å²) in [5.74, 6) is -0.313. The summed E-state index contributed by atoms with van der Waals surface area (Å²) in [6.45, 7) is 7.13. The van der Waals surface area contributed by atoms with Gasteiger partial charge in [0.1, 0.15) is 12.2 Å². The minimum atomic E-state index is -0.505. The summed E-state index contributed by atoms with van der Waals surface area (Å²) < 4.78 is 10.8. The molecule has 0 spiro atoms. The largest absolute Gasteiger partial charge is 0.458 e. The van der Waals surface area contributed by atoms with Crippen molar-refractivity contribution in [1.82, 2.24) is 10.2 Å². The third kappa shape index (κ3) is 5.75. The van der Waals surface area contributed by atoms with Crippen molar-refractivity contribution in [2.45, 2.75) is 63.9 Å². The van der Waals surface area contributed by atoms with Crippen LogP contribution in [-0.2, 0) is 19.1 Å². The summed E-state index contributed by atoms with van der Waals surface area (Å²) in [6, 6.07) is -0.274. The number of esters is 1. The maximum atomic E-state index is 12.3. The van der Waals surface area contributed by atoms with Gasteiger partial charge in [-0.25, -0.2) is 4.79 Å². The molecular weight excluding hydrogens is 300 g/mol. The third-order valence-corrected chi connectivity index (χ3v) is 4.02. The van der Waals surface area contributed by atoms with Crippen molar-refractivity contribution < 1.29 is 24.2 Å². The first-order valence-corrected chi connectivity index (χ1v) is 8.28. The van der Waals surface area contributed by atoms with Gasteiger partial charge in [-0.2, -0.15) is 0 Å². The molecule has 0 unspecified atom stereocenters. The fourth-order valence-electron chi connectivity index (χ4n) is 2.93. The fourth-order valence-corrected chi connectivity index (χ4v) is 2.93. The van der Waals surface area contributed by atoms with Gasteiger partial charge in [0.25, 0.3) is 0 Å². The first-order chi connectivity index (χ1) is 10.7. The Morgan fingerprint density at radius 3 is 2.43 bits per heavy atom. The van der Waals surface area contributed by atoms with Crippen LogP contribution in [-0.4, -0.2) is 72.0 Å². The lowest BCUT2D eigenvalue weighted by molar-refractivity contribution is -0.163. The molecule has 2 N–H and O–H groups in total. The summed E-state index contributed by atoms with van der Waals surface area (Å²) in [7, 11) is 0. The topological polar surface area (TPSA) is 88.1 Å². The van der Waals surface area contributed by atoms with Gasteiger partial charge < -0.3 is 24.8 Å². The number of aliphatic hydroxyl groups is 1. The Kier molecular flexibility index (Phi) is 6.00. The second-order valence-electron chi connectivity index (χ2n) is 7.27. The van der Waals surface area contributed by atoms with Crippen LogP contribution in [0.1, 0.15) is 40.0 Å². The number of amides is 1. The summed E-state index contributed by atoms with van der Waals surface area (Å²) in [6.07, 6.45) is 1.45. The number of aliphatic hydroxyl groups excluding tert-OH is 1. The fraction of sp³-hybridized carbons (Fsp3) is 0.875. The quantitative estimate of drug-likeness (QED) is 0.710. The lowest BCUT2D eigenvalue weighted by Gasteiger charge is -2.33. The lowest BCUT2D eigenvalue weighted by Crippen LogP contribution is -2.48. The second-order valence-corrected chi connectivity index (χ2v) is 7.27. The molecule has 132 valence electrons. The molecule has 0 radical (unpaired) electrons. The van der Waals surface area contributed by atoms with Crippen LogP contribution in [0.3, 0.4) is 0 Å². The molecular formula is C16H28N2O5. The van der Waals surface area contributed by atoms with E-state index in [1.807, 2.05) is 25.7 Å². The molecule has 2 heterocycles. The predicted octanol–water partition coefficient (Wildman–Crippen LogP) is 0.0585. The lowest BCUT2D eigenvalue weighted by atomic mass is 10.1. The van der Waals surface area contributed by atoms with E-state index in [-0.39, 0.29) is 30.6 Å². The number of likely N-dealkylation sites (tertiary alicyclic amines) is 1. The normalized spacial score (nSPS) is 26.3. The molecule has 0 aromatic carbocycles. The van der Waals surface area contributed by atoms with Gasteiger partial charge >= 0.3 is 5.97 Å². The Balaban J connectivity index is 1.68. The number of ether oxygens (including phenoxy) is 2. The molecule has 2 fully saturated rings. The molecule has 7 nitrogen and oxygen atoms in total. The first kappa shape index (κ1) is 18.2. The zero-order valence-corrected chi connectivity index (χ0v) is 14.2. The van der Waals surface area contributed by atoms with Crippen LogP contribution in [0.25, 0.3) is 0 Å². The number of hydrogen-bond acceptors (Lipinski definition) is 6. The Labute approximate surface area is 137 Å². The van der Waals surface area contributed by atoms with Crippen LogP contribution < -0.4 is 5.32 Å². The van der Waals surface area contributed by atoms with E-state index in [0.717, 1.165) is 0 Å². The van der Waals surface area contributed by atoms with Gasteiger partial charge in [-0.15, -0.1) is 0 Å². The number of nitrogens with zero attached hydrogens (tertiary/aromatic N) is 1. The molecule has 2 aliphatic rings. The number of rotatable bonds is 4. The molecule has 23 heavy (non-hydrogen) atoms. The van der Waals surface area contributed by atoms with E-state index in [9.17, 15) is 14.7 Å². The van der Waals surface area contributed by atoms with Crippen LogP contribution in [0.15, 0.2) is 0 Å². The van der Waals surface area contributed by atoms with Crippen molar-refractivity contribution in [3.8, 4) is 0 Å². The number of nitrogens with one attached hydrogen (secondary N) is 1. The van der Waals surface area contributed by atoms with Gasteiger partial charge in [-0.1, -0.05) is 0 Å². The first-order valence-electron chi connectivity index (χ1n) is 8.28. The standard InChI is InChI=1S/C16H28N2O5/c1-16(2,3)23-14(20)10-22-12-4-6-18(7-5-12)15(21)13-8-11(19)9-17-13/h11-13,17,19H,4-10H2,1-3H3/t11-,13+/m1/s1. The smallest absolute Gasteiger partial charge is 0.332 e. The summed E-state index contributed by atoms with van der Waals surface area (Å²) >= 11 is 0. The molecule has 2 rings (SSSR count). The number of carbonyl (C=O) groups is 2. The Morgan fingerprint density at radius 1 is 1.26 bits per heavy atom. The van der Waals surface area contributed by atoms with Crippen LogP contribution >= 0.6 is 0 Å². The molecule has 0 bridgehead atoms. The van der Waals surface area contributed by atoms with E-state index in [0.29, 0.717) is 38.9 Å². The van der Waals surface area contributed by atoms with Crippen molar-refractivity contribution in [2.75, 3.05) is 26.2 Å². The van der Waals surface area contributed by atoms with Crippen molar-refractivity contribution in [2.24, 2.45) is 0 Å². The average Bonchev–Trinajstić information content (AvgIpc) is 2.90. The molecule has 0 aromatic rings. The molecule has 0 saturated carbocycles. The molecule has 7 heteroatoms. The highest BCUT2D eigenvalue weighted by molar-refractivity contribution is 5.82. The number of carbonyl (C=O) groups excluding carboxylic acids is 2. The molecule has 2 atom stereocenters. The summed E-state index contributed by atoms with van der Waals surface area (Å²) in [5.41, 5.74) is -0.505. The van der Waals surface area contributed by atoms with Crippen LogP contribution in [0.4, 0.5) is 0 Å². The Hall–Kier alpha value is -1.18. The minimum Gasteiger partial charge on any atom is -0.458 e. The van der Waals surface area contributed by atoms with Gasteiger partial charge in [-0.05, 0) is 40.0 Å². The Morgan fingerprint density at radius 2 is 1.91 bits per heavy atom. The van der Waals surface area contributed by atoms with E-state index in [2.05, 4.69) is 5.32 Å². The van der Waals surface area contributed by atoms with E-state index in [4.69, 9.17) is 9.47 Å². The third-order valence-electron chi connectivity index (χ3n) is 4.02. The van der Waals surface area contributed by atoms with E-state index in [1.54, 1.807) is 0 Å². The highest BCUT2D eigenvalue weighted by Gasteiger charge is 2.33. The van der Waals surface area contributed by atoms with Gasteiger partial charge in [0.15, 0.2) is 0 Å².